The summed E-state index contributed by atoms with van der Waals surface area (Å²) in [6, 6.07) is 0. The summed E-state index contributed by atoms with van der Waals surface area (Å²) in [6.07, 6.45) is 3.56. The summed E-state index contributed by atoms with van der Waals surface area (Å²) in [5.74, 6) is -0.248. The third-order valence-electron chi connectivity index (χ3n) is 1.95. The zero-order valence-electron chi connectivity index (χ0n) is 9.71. The topological polar surface area (TPSA) is 35.5 Å². The number of hydrogen-bond donors (Lipinski definition) is 0. The maximum absolute atomic E-state index is 10.6. The molecule has 0 saturated carbocycles. The lowest BCUT2D eigenvalue weighted by Crippen LogP contribution is -2.22. The van der Waals surface area contributed by atoms with Crippen LogP contribution >= 0.6 is 0 Å². The third-order valence-corrected chi connectivity index (χ3v) is 1.95. The minimum absolute atomic E-state index is 0.142. The fourth-order valence-electron chi connectivity index (χ4n) is 1.19. The van der Waals surface area contributed by atoms with Crippen LogP contribution in [0.2, 0.25) is 0 Å². The van der Waals surface area contributed by atoms with Crippen molar-refractivity contribution in [3.8, 4) is 0 Å². The van der Waals surface area contributed by atoms with Crippen LogP contribution in [-0.2, 0) is 14.3 Å². The molecule has 0 fully saturated rings. The number of hydrogen-bond acceptors (Lipinski definition) is 3. The maximum atomic E-state index is 10.6. The summed E-state index contributed by atoms with van der Waals surface area (Å²) in [5, 5.41) is 0. The largest absolute Gasteiger partial charge is 0.460 e. The van der Waals surface area contributed by atoms with Crippen molar-refractivity contribution in [1.82, 2.24) is 0 Å². The van der Waals surface area contributed by atoms with E-state index < -0.39 is 0 Å². The second kappa shape index (κ2) is 7.80. The van der Waals surface area contributed by atoms with E-state index in [0.717, 1.165) is 6.42 Å². The molecule has 0 amide bonds. The molecule has 0 aromatic heterocycles. The number of carbonyl (C=O) groups is 1. The van der Waals surface area contributed by atoms with Gasteiger partial charge in [0.05, 0.1) is 12.7 Å². The molecule has 0 aliphatic carbocycles. The fraction of sp³-hybridized carbons (Fsp3) is 0.909. The van der Waals surface area contributed by atoms with Gasteiger partial charge >= 0.3 is 5.97 Å². The smallest absolute Gasteiger partial charge is 0.302 e. The third kappa shape index (κ3) is 8.05. The van der Waals surface area contributed by atoms with Crippen molar-refractivity contribution >= 4 is 5.97 Å². The molecule has 0 spiro atoms. The van der Waals surface area contributed by atoms with Crippen LogP contribution in [0.25, 0.3) is 0 Å². The predicted molar refractivity (Wildman–Crippen MR) is 56.2 cm³/mol. The second-order valence-corrected chi connectivity index (χ2v) is 3.71. The van der Waals surface area contributed by atoms with E-state index in [9.17, 15) is 4.79 Å². The Bertz CT molecular complexity index is 157. The van der Waals surface area contributed by atoms with Crippen LogP contribution < -0.4 is 0 Å². The van der Waals surface area contributed by atoms with Gasteiger partial charge < -0.3 is 9.47 Å². The fourth-order valence-corrected chi connectivity index (χ4v) is 1.19. The average Bonchev–Trinajstić information content (AvgIpc) is 2.10. The number of carbonyl (C=O) groups excluding carboxylic acids is 1. The molecule has 0 bridgehead atoms. The molecule has 3 nitrogen and oxygen atoms in total. The van der Waals surface area contributed by atoms with Crippen LogP contribution in [0.1, 0.15) is 47.0 Å². The van der Waals surface area contributed by atoms with Crippen LogP contribution in [-0.4, -0.2) is 24.8 Å². The van der Waals surface area contributed by atoms with Gasteiger partial charge in [-0.1, -0.05) is 19.8 Å². The lowest BCUT2D eigenvalue weighted by atomic mass is 10.2. The highest BCUT2D eigenvalue weighted by molar-refractivity contribution is 5.66. The Kier molecular flexibility index (Phi) is 7.48. The van der Waals surface area contributed by atoms with Crippen LogP contribution in [0.4, 0.5) is 0 Å². The molecule has 84 valence electrons. The molecule has 14 heavy (non-hydrogen) atoms. The van der Waals surface area contributed by atoms with Crippen molar-refractivity contribution in [3.63, 3.8) is 0 Å². The van der Waals surface area contributed by atoms with Gasteiger partial charge in [0.2, 0.25) is 0 Å². The van der Waals surface area contributed by atoms with Crippen LogP contribution in [0, 0.1) is 0 Å². The summed E-state index contributed by atoms with van der Waals surface area (Å²) >= 11 is 0. The normalized spacial score (nSPS) is 14.9. The molecule has 0 rings (SSSR count). The lowest BCUT2D eigenvalue weighted by molar-refractivity contribution is -0.149. The summed E-state index contributed by atoms with van der Waals surface area (Å²) in [4.78, 5) is 10.6. The van der Waals surface area contributed by atoms with E-state index in [-0.39, 0.29) is 18.2 Å². The van der Waals surface area contributed by atoms with E-state index in [1.807, 2.05) is 6.92 Å². The van der Waals surface area contributed by atoms with Crippen LogP contribution in [0.3, 0.4) is 0 Å². The molecular weight excluding hydrogens is 180 g/mol. The maximum Gasteiger partial charge on any atom is 0.302 e. The van der Waals surface area contributed by atoms with E-state index in [0.29, 0.717) is 6.61 Å². The number of unbranched alkanes of at least 4 members (excludes halogenated alkanes) is 1. The average molecular weight is 202 g/mol. The molecule has 0 N–H and O–H groups in total. The summed E-state index contributed by atoms with van der Waals surface area (Å²) < 4.78 is 10.5. The molecule has 3 heteroatoms. The van der Waals surface area contributed by atoms with Crippen molar-refractivity contribution in [2.24, 2.45) is 0 Å². The lowest BCUT2D eigenvalue weighted by Gasteiger charge is -2.16. The van der Waals surface area contributed by atoms with Crippen LogP contribution in [0.15, 0.2) is 0 Å². The first-order valence-corrected chi connectivity index (χ1v) is 5.35. The molecule has 0 aromatic carbocycles. The van der Waals surface area contributed by atoms with Crippen molar-refractivity contribution in [2.75, 3.05) is 6.61 Å². The molecule has 2 atom stereocenters. The molecule has 2 unspecified atom stereocenters. The number of rotatable bonds is 7. The second-order valence-electron chi connectivity index (χ2n) is 3.71. The number of ether oxygens (including phenoxy) is 2. The first-order valence-electron chi connectivity index (χ1n) is 5.35. The van der Waals surface area contributed by atoms with Crippen molar-refractivity contribution < 1.29 is 14.3 Å². The van der Waals surface area contributed by atoms with Gasteiger partial charge in [0.1, 0.15) is 6.10 Å². The highest BCUT2D eigenvalue weighted by Gasteiger charge is 2.08. The molecular formula is C11H22O3. The van der Waals surface area contributed by atoms with E-state index in [1.165, 1.54) is 19.8 Å². The Labute approximate surface area is 86.8 Å². The van der Waals surface area contributed by atoms with Gasteiger partial charge in [0, 0.05) is 6.92 Å². The number of esters is 1. The monoisotopic (exact) mass is 202 g/mol. The van der Waals surface area contributed by atoms with Gasteiger partial charge in [-0.15, -0.1) is 0 Å². The molecule has 0 aliphatic heterocycles. The van der Waals surface area contributed by atoms with Gasteiger partial charge in [-0.2, -0.15) is 0 Å². The van der Waals surface area contributed by atoms with E-state index >= 15 is 0 Å². The Morgan fingerprint density at radius 3 is 2.43 bits per heavy atom. The highest BCUT2D eigenvalue weighted by Crippen LogP contribution is 2.05. The molecule has 0 saturated heterocycles. The van der Waals surface area contributed by atoms with Crippen molar-refractivity contribution in [1.29, 1.82) is 0 Å². The zero-order chi connectivity index (χ0) is 11.0. The minimum atomic E-state index is -0.248. The molecule has 0 heterocycles. The molecule has 0 aromatic rings. The van der Waals surface area contributed by atoms with E-state index in [4.69, 9.17) is 9.47 Å². The Morgan fingerprint density at radius 2 is 1.93 bits per heavy atom. The highest BCUT2D eigenvalue weighted by atomic mass is 16.6. The summed E-state index contributed by atoms with van der Waals surface area (Å²) in [7, 11) is 0. The van der Waals surface area contributed by atoms with Crippen LogP contribution in [0.5, 0.6) is 0 Å². The Balaban J connectivity index is 3.45. The first kappa shape index (κ1) is 13.4. The van der Waals surface area contributed by atoms with Crippen molar-refractivity contribution in [3.05, 3.63) is 0 Å². The minimum Gasteiger partial charge on any atom is -0.460 e. The van der Waals surface area contributed by atoms with Gasteiger partial charge in [-0.3, -0.25) is 4.79 Å². The summed E-state index contributed by atoms with van der Waals surface area (Å²) in [5.41, 5.74) is 0. The summed E-state index contributed by atoms with van der Waals surface area (Å²) in [6.45, 7) is 7.96. The Hall–Kier alpha value is -0.570. The zero-order valence-corrected chi connectivity index (χ0v) is 9.71. The Morgan fingerprint density at radius 1 is 1.29 bits per heavy atom. The quantitative estimate of drug-likeness (QED) is 0.595. The van der Waals surface area contributed by atoms with E-state index in [2.05, 4.69) is 13.8 Å². The van der Waals surface area contributed by atoms with Gasteiger partial charge in [-0.25, -0.2) is 0 Å². The SMILES string of the molecule is CCCCC(C)OCC(C)OC(C)=O. The van der Waals surface area contributed by atoms with Gasteiger partial charge in [0.15, 0.2) is 0 Å². The molecule has 0 radical (unpaired) electrons. The van der Waals surface area contributed by atoms with Crippen molar-refractivity contribution in [2.45, 2.75) is 59.2 Å². The predicted octanol–water partition coefficient (Wildman–Crippen LogP) is 2.53. The molecule has 0 aliphatic rings. The standard InChI is InChI=1S/C11H22O3/c1-5-6-7-9(2)13-8-10(3)14-11(4)12/h9-10H,5-8H2,1-4H3. The van der Waals surface area contributed by atoms with Gasteiger partial charge in [0.25, 0.3) is 0 Å². The van der Waals surface area contributed by atoms with E-state index in [1.54, 1.807) is 0 Å². The first-order chi connectivity index (χ1) is 6.56. The van der Waals surface area contributed by atoms with Gasteiger partial charge in [-0.05, 0) is 20.3 Å².